The van der Waals surface area contributed by atoms with Gasteiger partial charge in [-0.25, -0.2) is 0 Å². The van der Waals surface area contributed by atoms with E-state index in [-0.39, 0.29) is 24.9 Å². The second-order valence-corrected chi connectivity index (χ2v) is 10.6. The van der Waals surface area contributed by atoms with E-state index >= 15 is 0 Å². The van der Waals surface area contributed by atoms with E-state index in [1.807, 2.05) is 6.82 Å². The molecule has 4 saturated carbocycles. The lowest BCUT2D eigenvalue weighted by Crippen LogP contribution is -2.63. The molecule has 0 N–H and O–H groups in total. The molecule has 5 rings (SSSR count). The first-order valence-corrected chi connectivity index (χ1v) is 11.1. The monoisotopic (exact) mass is 372 g/mol. The Morgan fingerprint density at radius 3 is 2.59 bits per heavy atom. The fraction of sp³-hybridized carbons (Fsp3) is 0.909. The van der Waals surface area contributed by atoms with E-state index in [1.165, 1.54) is 19.3 Å². The quantitative estimate of drug-likeness (QED) is 0.602. The summed E-state index contributed by atoms with van der Waals surface area (Å²) in [5, 5.41) is 0. The summed E-state index contributed by atoms with van der Waals surface area (Å²) in [6.07, 6.45) is 9.32. The van der Waals surface area contributed by atoms with Crippen molar-refractivity contribution in [3.8, 4) is 0 Å². The molecule has 4 aliphatic carbocycles. The van der Waals surface area contributed by atoms with Gasteiger partial charge in [-0.15, -0.1) is 0 Å². The van der Waals surface area contributed by atoms with Crippen molar-refractivity contribution in [2.75, 3.05) is 6.61 Å². The largest absolute Gasteiger partial charge is 0.454 e. The van der Waals surface area contributed by atoms with Crippen LogP contribution in [0, 0.1) is 34.5 Å². The number of Topliss-reactive ketones (excluding diaryl/α,β-unsaturated/α-hetero) is 2. The van der Waals surface area contributed by atoms with Crippen molar-refractivity contribution in [2.45, 2.75) is 84.1 Å². The van der Waals surface area contributed by atoms with Crippen LogP contribution in [-0.2, 0) is 18.9 Å². The Bertz CT molecular complexity index is 679. The van der Waals surface area contributed by atoms with Crippen molar-refractivity contribution in [1.29, 1.82) is 0 Å². The highest BCUT2D eigenvalue weighted by molar-refractivity contribution is 6.44. The molecule has 7 atom stereocenters. The smallest absolute Gasteiger partial charge is 0.404 e. The number of carbonyl (C=O) groups is 2. The van der Waals surface area contributed by atoms with Gasteiger partial charge in [-0.1, -0.05) is 13.8 Å². The van der Waals surface area contributed by atoms with E-state index in [0.717, 1.165) is 38.5 Å². The lowest BCUT2D eigenvalue weighted by atomic mass is 9.44. The Labute approximate surface area is 163 Å². The van der Waals surface area contributed by atoms with Crippen molar-refractivity contribution in [2.24, 2.45) is 34.5 Å². The molecular formula is C22H33BO4. The predicted octanol–water partition coefficient (Wildman–Crippen LogP) is 4.07. The van der Waals surface area contributed by atoms with E-state index in [4.69, 9.17) is 9.31 Å². The number of hydrogen-bond donors (Lipinski definition) is 0. The fourth-order valence-electron chi connectivity index (χ4n) is 8.39. The predicted molar refractivity (Wildman–Crippen MR) is 103 cm³/mol. The molecule has 0 aromatic heterocycles. The van der Waals surface area contributed by atoms with Crippen molar-refractivity contribution in [3.05, 3.63) is 0 Å². The zero-order valence-corrected chi connectivity index (χ0v) is 17.1. The van der Waals surface area contributed by atoms with Crippen LogP contribution in [-0.4, -0.2) is 30.9 Å². The number of carbonyl (C=O) groups excluding carboxylic acids is 2. The van der Waals surface area contributed by atoms with Crippen LogP contribution < -0.4 is 0 Å². The molecule has 5 fully saturated rings. The molecule has 27 heavy (non-hydrogen) atoms. The number of ketones is 2. The molecule has 0 aromatic carbocycles. The molecule has 5 aliphatic rings. The summed E-state index contributed by atoms with van der Waals surface area (Å²) in [7, 11) is -0.284. The topological polar surface area (TPSA) is 52.6 Å². The number of fused-ring (bicyclic) bond motifs is 6. The van der Waals surface area contributed by atoms with Crippen LogP contribution in [0.15, 0.2) is 0 Å². The molecule has 148 valence electrons. The first-order valence-electron chi connectivity index (χ1n) is 11.1. The molecule has 1 saturated heterocycles. The van der Waals surface area contributed by atoms with Gasteiger partial charge < -0.3 is 9.31 Å². The zero-order valence-electron chi connectivity index (χ0n) is 17.1. The van der Waals surface area contributed by atoms with Gasteiger partial charge in [-0.3, -0.25) is 9.59 Å². The van der Waals surface area contributed by atoms with Gasteiger partial charge in [-0.05, 0) is 80.9 Å². The molecular weight excluding hydrogens is 339 g/mol. The number of hydrogen-bond acceptors (Lipinski definition) is 4. The SMILES string of the molecule is CB1OCC(=O)C2(CCC3C4CCC5CC(=O)CCC5(C)C4CCC32C)O1. The van der Waals surface area contributed by atoms with Crippen molar-refractivity contribution >= 4 is 18.7 Å². The lowest BCUT2D eigenvalue weighted by Gasteiger charge is -2.61. The highest BCUT2D eigenvalue weighted by atomic mass is 16.6. The van der Waals surface area contributed by atoms with Gasteiger partial charge >= 0.3 is 7.12 Å². The maximum absolute atomic E-state index is 13.0. The molecule has 5 heteroatoms. The maximum Gasteiger partial charge on any atom is 0.454 e. The molecule has 4 nitrogen and oxygen atoms in total. The first kappa shape index (κ1) is 18.4. The second kappa shape index (κ2) is 5.92. The van der Waals surface area contributed by atoms with Crippen molar-refractivity contribution in [3.63, 3.8) is 0 Å². The number of rotatable bonds is 0. The summed E-state index contributed by atoms with van der Waals surface area (Å²) in [4.78, 5) is 25.1. The van der Waals surface area contributed by atoms with Crippen LogP contribution in [0.5, 0.6) is 0 Å². The molecule has 0 radical (unpaired) electrons. The van der Waals surface area contributed by atoms with Crippen LogP contribution in [0.25, 0.3) is 0 Å². The van der Waals surface area contributed by atoms with Gasteiger partial charge in [0.1, 0.15) is 11.4 Å². The van der Waals surface area contributed by atoms with Crippen LogP contribution in [0.3, 0.4) is 0 Å². The first-order chi connectivity index (χ1) is 12.8. The third-order valence-corrected chi connectivity index (χ3v) is 9.87. The van der Waals surface area contributed by atoms with Crippen LogP contribution in [0.2, 0.25) is 6.82 Å². The third-order valence-electron chi connectivity index (χ3n) is 9.87. The average Bonchev–Trinajstić information content (AvgIpc) is 2.92. The van der Waals surface area contributed by atoms with Crippen LogP contribution in [0.1, 0.15) is 71.6 Å². The Morgan fingerprint density at radius 2 is 1.78 bits per heavy atom. The molecule has 7 unspecified atom stereocenters. The summed E-state index contributed by atoms with van der Waals surface area (Å²) < 4.78 is 11.8. The molecule has 1 aliphatic heterocycles. The fourth-order valence-corrected chi connectivity index (χ4v) is 8.39. The molecule has 0 aromatic rings. The van der Waals surface area contributed by atoms with E-state index in [0.29, 0.717) is 34.9 Å². The summed E-state index contributed by atoms with van der Waals surface area (Å²) in [6, 6.07) is 0. The summed E-state index contributed by atoms with van der Waals surface area (Å²) in [5.74, 6) is 3.21. The van der Waals surface area contributed by atoms with E-state index in [9.17, 15) is 9.59 Å². The van der Waals surface area contributed by atoms with Gasteiger partial charge in [-0.2, -0.15) is 0 Å². The lowest BCUT2D eigenvalue weighted by molar-refractivity contribution is -0.176. The Hall–Kier alpha value is -0.675. The Morgan fingerprint density at radius 1 is 1.00 bits per heavy atom. The highest BCUT2D eigenvalue weighted by Crippen LogP contribution is 2.69. The van der Waals surface area contributed by atoms with Crippen molar-refractivity contribution in [1.82, 2.24) is 0 Å². The zero-order chi connectivity index (χ0) is 19.0. The molecule has 1 heterocycles. The van der Waals surface area contributed by atoms with E-state index in [1.54, 1.807) is 0 Å². The van der Waals surface area contributed by atoms with Crippen LogP contribution >= 0.6 is 0 Å². The Balaban J connectivity index is 1.47. The summed E-state index contributed by atoms with van der Waals surface area (Å²) >= 11 is 0. The normalized spacial score (nSPS) is 52.5. The molecule has 1 spiro atoms. The van der Waals surface area contributed by atoms with Crippen LogP contribution in [0.4, 0.5) is 0 Å². The average molecular weight is 372 g/mol. The Kier molecular flexibility index (Phi) is 4.02. The second-order valence-electron chi connectivity index (χ2n) is 10.6. The van der Waals surface area contributed by atoms with E-state index < -0.39 is 5.60 Å². The maximum atomic E-state index is 13.0. The molecule has 0 amide bonds. The third kappa shape index (κ3) is 2.30. The van der Waals surface area contributed by atoms with Gasteiger partial charge in [0.2, 0.25) is 0 Å². The van der Waals surface area contributed by atoms with Gasteiger partial charge in [0.25, 0.3) is 0 Å². The van der Waals surface area contributed by atoms with E-state index in [2.05, 4.69) is 13.8 Å². The minimum Gasteiger partial charge on any atom is -0.404 e. The summed E-state index contributed by atoms with van der Waals surface area (Å²) in [5.41, 5.74) is -0.362. The van der Waals surface area contributed by atoms with Gasteiger partial charge in [0.15, 0.2) is 5.78 Å². The summed E-state index contributed by atoms with van der Waals surface area (Å²) in [6.45, 7) is 6.96. The standard InChI is InChI=1S/C22H33BO4/c1-20-9-6-15(24)12-14(20)4-5-16-17(20)7-10-21(2)18(16)8-11-22(21)19(25)13-26-23(3)27-22/h14,16-18H,4-13H2,1-3H3. The van der Waals surface area contributed by atoms with Crippen molar-refractivity contribution < 1.29 is 18.9 Å². The van der Waals surface area contributed by atoms with Gasteiger partial charge in [0.05, 0.1) is 6.61 Å². The minimum absolute atomic E-state index is 0.0586. The van der Waals surface area contributed by atoms with Gasteiger partial charge in [0, 0.05) is 18.3 Å². The molecule has 0 bridgehead atoms. The highest BCUT2D eigenvalue weighted by Gasteiger charge is 2.68. The minimum atomic E-state index is -0.624.